The third-order valence-corrected chi connectivity index (χ3v) is 5.15. The van der Waals surface area contributed by atoms with Crippen LogP contribution >= 0.6 is 0 Å². The molecule has 3 aromatic heterocycles. The van der Waals surface area contributed by atoms with Crippen molar-refractivity contribution >= 4 is 28.7 Å². The number of hydrogen-bond donors (Lipinski definition) is 1. The highest BCUT2D eigenvalue weighted by atomic mass is 16.5. The predicted octanol–water partition coefficient (Wildman–Crippen LogP) is 5.05. The molecule has 7 nitrogen and oxygen atoms in total. The molecule has 7 heteroatoms. The maximum Gasteiger partial charge on any atom is 0.248 e. The Morgan fingerprint density at radius 2 is 1.82 bits per heavy atom. The summed E-state index contributed by atoms with van der Waals surface area (Å²) in [4.78, 5) is 25.2. The average molecular weight is 447 g/mol. The molecule has 0 spiro atoms. The molecule has 0 bridgehead atoms. The number of nitrogens with one attached hydrogen (secondary N) is 1. The molecule has 166 valence electrons. The zero-order chi connectivity index (χ0) is 23.2. The Labute approximate surface area is 196 Å². The van der Waals surface area contributed by atoms with Gasteiger partial charge in [0.25, 0.3) is 0 Å². The van der Waals surface area contributed by atoms with Crippen molar-refractivity contribution in [3.63, 3.8) is 0 Å². The van der Waals surface area contributed by atoms with E-state index in [0.29, 0.717) is 12.3 Å². The van der Waals surface area contributed by atoms with Crippen molar-refractivity contribution in [1.29, 1.82) is 0 Å². The number of aromatic nitrogens is 4. The SMILES string of the molecule is O=C(/C=C/c1ccc(OCc2cccnc2)cc1)Nc1ccc(-n2cnc3ccccc32)nc1. The number of para-hydroxylation sites is 2. The first-order chi connectivity index (χ1) is 16.7. The van der Waals surface area contributed by atoms with E-state index >= 15 is 0 Å². The lowest BCUT2D eigenvalue weighted by molar-refractivity contribution is -0.111. The molecule has 0 saturated heterocycles. The van der Waals surface area contributed by atoms with Crippen LogP contribution in [0.3, 0.4) is 0 Å². The van der Waals surface area contributed by atoms with E-state index in [-0.39, 0.29) is 5.91 Å². The second-order valence-electron chi connectivity index (χ2n) is 7.55. The fourth-order valence-corrected chi connectivity index (χ4v) is 3.43. The van der Waals surface area contributed by atoms with Crippen LogP contribution in [0.15, 0.2) is 104 Å². The van der Waals surface area contributed by atoms with Gasteiger partial charge in [-0.3, -0.25) is 14.3 Å². The summed E-state index contributed by atoms with van der Waals surface area (Å²) in [6.07, 6.45) is 10.1. The minimum Gasteiger partial charge on any atom is -0.489 e. The number of imidazole rings is 1. The first kappa shape index (κ1) is 21.1. The molecule has 0 aliphatic carbocycles. The molecule has 1 N–H and O–H groups in total. The molecule has 0 fully saturated rings. The van der Waals surface area contributed by atoms with Gasteiger partial charge in [-0.2, -0.15) is 0 Å². The van der Waals surface area contributed by atoms with Crippen molar-refractivity contribution < 1.29 is 9.53 Å². The summed E-state index contributed by atoms with van der Waals surface area (Å²) in [6, 6.07) is 22.9. The van der Waals surface area contributed by atoms with Gasteiger partial charge in [-0.05, 0) is 54.1 Å². The number of carbonyl (C=O) groups is 1. The molecule has 2 aromatic carbocycles. The van der Waals surface area contributed by atoms with Crippen LogP contribution in [0.25, 0.3) is 22.9 Å². The Hall–Kier alpha value is -4.78. The fraction of sp³-hybridized carbons (Fsp3) is 0.0370. The van der Waals surface area contributed by atoms with Crippen LogP contribution in [-0.2, 0) is 11.4 Å². The summed E-state index contributed by atoms with van der Waals surface area (Å²) in [5.74, 6) is 1.25. The highest BCUT2D eigenvalue weighted by Gasteiger charge is 2.06. The minimum atomic E-state index is -0.237. The lowest BCUT2D eigenvalue weighted by Crippen LogP contribution is -2.08. The molecule has 0 unspecified atom stereocenters. The molecule has 5 rings (SSSR count). The fourth-order valence-electron chi connectivity index (χ4n) is 3.43. The van der Waals surface area contributed by atoms with Crippen LogP contribution in [0, 0.1) is 0 Å². The van der Waals surface area contributed by atoms with Gasteiger partial charge in [-0.1, -0.05) is 30.3 Å². The van der Waals surface area contributed by atoms with Crippen LogP contribution in [0.5, 0.6) is 5.75 Å². The average Bonchev–Trinajstić information content (AvgIpc) is 3.32. The number of anilines is 1. The van der Waals surface area contributed by atoms with Crippen molar-refractivity contribution in [1.82, 2.24) is 19.5 Å². The molecule has 1 amide bonds. The van der Waals surface area contributed by atoms with E-state index in [4.69, 9.17) is 4.74 Å². The Morgan fingerprint density at radius 3 is 2.62 bits per heavy atom. The molecular weight excluding hydrogens is 426 g/mol. The van der Waals surface area contributed by atoms with Crippen LogP contribution in [0.2, 0.25) is 0 Å². The van der Waals surface area contributed by atoms with Crippen LogP contribution in [-0.4, -0.2) is 25.4 Å². The molecule has 34 heavy (non-hydrogen) atoms. The van der Waals surface area contributed by atoms with Gasteiger partial charge in [0.2, 0.25) is 5.91 Å². The standard InChI is InChI=1S/C27H21N5O2/c33-27(14-9-20-7-11-23(12-8-20)34-18-21-4-3-15-28-16-21)31-22-10-13-26(29-17-22)32-19-30-24-5-1-2-6-25(24)32/h1-17,19H,18H2,(H,31,33)/b14-9+. The predicted molar refractivity (Wildman–Crippen MR) is 132 cm³/mol. The highest BCUT2D eigenvalue weighted by molar-refractivity contribution is 6.01. The Morgan fingerprint density at radius 1 is 0.941 bits per heavy atom. The number of amides is 1. The summed E-state index contributed by atoms with van der Waals surface area (Å²) in [7, 11) is 0. The zero-order valence-electron chi connectivity index (χ0n) is 18.2. The summed E-state index contributed by atoms with van der Waals surface area (Å²) < 4.78 is 7.66. The zero-order valence-corrected chi connectivity index (χ0v) is 18.2. The van der Waals surface area contributed by atoms with Gasteiger partial charge in [-0.15, -0.1) is 0 Å². The number of pyridine rings is 2. The van der Waals surface area contributed by atoms with Crippen LogP contribution < -0.4 is 10.1 Å². The normalized spacial score (nSPS) is 11.1. The summed E-state index contributed by atoms with van der Waals surface area (Å²) in [5, 5.41) is 2.83. The lowest BCUT2D eigenvalue weighted by Gasteiger charge is -2.06. The molecule has 3 heterocycles. The van der Waals surface area contributed by atoms with E-state index in [0.717, 1.165) is 33.7 Å². The third kappa shape index (κ3) is 4.99. The highest BCUT2D eigenvalue weighted by Crippen LogP contribution is 2.18. The van der Waals surface area contributed by atoms with E-state index in [1.807, 2.05) is 77.4 Å². The maximum atomic E-state index is 12.3. The summed E-state index contributed by atoms with van der Waals surface area (Å²) in [5.41, 5.74) is 4.39. The smallest absolute Gasteiger partial charge is 0.248 e. The number of carbonyl (C=O) groups excluding carboxylic acids is 1. The summed E-state index contributed by atoms with van der Waals surface area (Å²) in [6.45, 7) is 0.454. The van der Waals surface area contributed by atoms with Crippen LogP contribution in [0.4, 0.5) is 5.69 Å². The van der Waals surface area contributed by atoms with Crippen molar-refractivity contribution in [3.05, 3.63) is 115 Å². The van der Waals surface area contributed by atoms with E-state index in [1.54, 1.807) is 31.0 Å². The van der Waals surface area contributed by atoms with Crippen molar-refractivity contribution in [3.8, 4) is 11.6 Å². The second kappa shape index (κ2) is 9.79. The van der Waals surface area contributed by atoms with Crippen molar-refractivity contribution in [2.45, 2.75) is 6.61 Å². The van der Waals surface area contributed by atoms with Gasteiger partial charge in [0, 0.05) is 24.0 Å². The van der Waals surface area contributed by atoms with Crippen LogP contribution in [0.1, 0.15) is 11.1 Å². The molecule has 0 aliphatic heterocycles. The number of benzene rings is 2. The number of rotatable bonds is 7. The quantitative estimate of drug-likeness (QED) is 0.353. The van der Waals surface area contributed by atoms with Crippen molar-refractivity contribution in [2.24, 2.45) is 0 Å². The van der Waals surface area contributed by atoms with Crippen molar-refractivity contribution in [2.75, 3.05) is 5.32 Å². The Kier molecular flexibility index (Phi) is 6.07. The van der Waals surface area contributed by atoms with Gasteiger partial charge in [-0.25, -0.2) is 9.97 Å². The topological polar surface area (TPSA) is 81.9 Å². The molecular formula is C27H21N5O2. The molecule has 0 radical (unpaired) electrons. The van der Waals surface area contributed by atoms with Gasteiger partial charge in [0.1, 0.15) is 24.5 Å². The minimum absolute atomic E-state index is 0.237. The van der Waals surface area contributed by atoms with E-state index in [1.165, 1.54) is 6.08 Å². The molecule has 0 aliphatic rings. The first-order valence-electron chi connectivity index (χ1n) is 10.7. The van der Waals surface area contributed by atoms with Gasteiger partial charge >= 0.3 is 0 Å². The molecule has 0 saturated carbocycles. The Balaban J connectivity index is 1.17. The third-order valence-electron chi connectivity index (χ3n) is 5.15. The lowest BCUT2D eigenvalue weighted by atomic mass is 10.2. The molecule has 5 aromatic rings. The Bertz CT molecular complexity index is 1430. The van der Waals surface area contributed by atoms with E-state index in [2.05, 4.69) is 20.3 Å². The van der Waals surface area contributed by atoms with Gasteiger partial charge in [0.05, 0.1) is 22.9 Å². The van der Waals surface area contributed by atoms with Gasteiger partial charge in [0.15, 0.2) is 0 Å². The largest absolute Gasteiger partial charge is 0.489 e. The number of fused-ring (bicyclic) bond motifs is 1. The number of hydrogen-bond acceptors (Lipinski definition) is 5. The maximum absolute atomic E-state index is 12.3. The van der Waals surface area contributed by atoms with E-state index < -0.39 is 0 Å². The first-order valence-corrected chi connectivity index (χ1v) is 10.7. The van der Waals surface area contributed by atoms with E-state index in [9.17, 15) is 4.79 Å². The second-order valence-corrected chi connectivity index (χ2v) is 7.55. The number of nitrogens with zero attached hydrogens (tertiary/aromatic N) is 4. The number of ether oxygens (including phenoxy) is 1. The van der Waals surface area contributed by atoms with Gasteiger partial charge < -0.3 is 10.1 Å². The monoisotopic (exact) mass is 447 g/mol. The molecule has 0 atom stereocenters. The summed E-state index contributed by atoms with van der Waals surface area (Å²) >= 11 is 0.